The maximum Gasteiger partial charge on any atom is 0.0689 e. The van der Waals surface area contributed by atoms with E-state index >= 15 is 0 Å². The minimum absolute atomic E-state index is 0.765. The van der Waals surface area contributed by atoms with Crippen LogP contribution in [0.15, 0.2) is 23.9 Å². The van der Waals surface area contributed by atoms with Gasteiger partial charge in [-0.3, -0.25) is 0 Å². The van der Waals surface area contributed by atoms with Crippen LogP contribution in [-0.2, 0) is 18.3 Å². The number of aromatic nitrogens is 1. The van der Waals surface area contributed by atoms with Crippen molar-refractivity contribution < 1.29 is 4.74 Å². The molecule has 1 aliphatic rings. The second-order valence-electron chi connectivity index (χ2n) is 4.07. The van der Waals surface area contributed by atoms with E-state index < -0.39 is 0 Å². The number of halogens is 1. The van der Waals surface area contributed by atoms with Crippen LogP contribution >= 0.6 is 11.6 Å². The summed E-state index contributed by atoms with van der Waals surface area (Å²) >= 11 is 5.91. The minimum atomic E-state index is 0.765. The maximum absolute atomic E-state index is 5.91. The predicted octanol–water partition coefficient (Wildman–Crippen LogP) is 2.11. The first-order chi connectivity index (χ1) is 7.75. The summed E-state index contributed by atoms with van der Waals surface area (Å²) in [4.78, 5) is 0. The molecule has 0 unspecified atom stereocenters. The number of aryl methyl sites for hydroxylation is 1. The van der Waals surface area contributed by atoms with Gasteiger partial charge in [0.2, 0.25) is 0 Å². The van der Waals surface area contributed by atoms with Crippen molar-refractivity contribution in [2.45, 2.75) is 13.0 Å². The Hall–Kier alpha value is -0.770. The molecule has 0 saturated carbocycles. The van der Waals surface area contributed by atoms with E-state index in [1.54, 1.807) is 0 Å². The molecule has 16 heavy (non-hydrogen) atoms. The van der Waals surface area contributed by atoms with Gasteiger partial charge in [-0.05, 0) is 18.1 Å². The second kappa shape index (κ2) is 5.53. The normalized spacial score (nSPS) is 16.2. The highest BCUT2D eigenvalue weighted by Crippen LogP contribution is 2.12. The fourth-order valence-electron chi connectivity index (χ4n) is 1.82. The molecule has 2 rings (SSSR count). The Balaban J connectivity index is 1.79. The first-order valence-corrected chi connectivity index (χ1v) is 5.90. The van der Waals surface area contributed by atoms with E-state index in [2.05, 4.69) is 11.4 Å². The van der Waals surface area contributed by atoms with Crippen molar-refractivity contribution in [1.29, 1.82) is 0 Å². The first kappa shape index (κ1) is 11.7. The van der Waals surface area contributed by atoms with Crippen molar-refractivity contribution >= 4 is 11.6 Å². The molecule has 1 aliphatic heterocycles. The third-order valence-electron chi connectivity index (χ3n) is 2.72. The van der Waals surface area contributed by atoms with Gasteiger partial charge >= 0.3 is 0 Å². The van der Waals surface area contributed by atoms with Gasteiger partial charge in [0.15, 0.2) is 0 Å². The van der Waals surface area contributed by atoms with Crippen molar-refractivity contribution in [2.75, 3.05) is 19.8 Å². The number of hydrogen-bond acceptors (Lipinski definition) is 2. The van der Waals surface area contributed by atoms with Crippen molar-refractivity contribution in [3.63, 3.8) is 0 Å². The van der Waals surface area contributed by atoms with Crippen molar-refractivity contribution in [2.24, 2.45) is 7.05 Å². The van der Waals surface area contributed by atoms with E-state index in [9.17, 15) is 0 Å². The molecule has 0 aliphatic carbocycles. The van der Waals surface area contributed by atoms with E-state index in [4.69, 9.17) is 16.3 Å². The largest absolute Gasteiger partial charge is 0.377 e. The smallest absolute Gasteiger partial charge is 0.0689 e. The zero-order valence-corrected chi connectivity index (χ0v) is 10.3. The lowest BCUT2D eigenvalue weighted by Gasteiger charge is -2.14. The minimum Gasteiger partial charge on any atom is -0.377 e. The van der Waals surface area contributed by atoms with Gasteiger partial charge in [-0.15, -0.1) is 0 Å². The standard InChI is InChI=1S/C12H17ClN2O/c1-15-8-11(13)5-12(15)7-14-6-10-3-2-4-16-9-10/h3,5,8,14H,2,4,6-7,9H2,1H3. The molecule has 0 spiro atoms. The lowest BCUT2D eigenvalue weighted by atomic mass is 10.2. The van der Waals surface area contributed by atoms with Gasteiger partial charge in [-0.1, -0.05) is 17.7 Å². The first-order valence-electron chi connectivity index (χ1n) is 5.53. The zero-order valence-electron chi connectivity index (χ0n) is 9.50. The number of ether oxygens (including phenoxy) is 1. The van der Waals surface area contributed by atoms with E-state index in [-0.39, 0.29) is 0 Å². The lowest BCUT2D eigenvalue weighted by Crippen LogP contribution is -2.21. The number of nitrogens with zero attached hydrogens (tertiary/aromatic N) is 1. The Kier molecular flexibility index (Phi) is 4.04. The van der Waals surface area contributed by atoms with E-state index in [1.165, 1.54) is 11.3 Å². The molecule has 3 nitrogen and oxygen atoms in total. The van der Waals surface area contributed by atoms with Gasteiger partial charge in [-0.25, -0.2) is 0 Å². The SMILES string of the molecule is Cn1cc(Cl)cc1CNCC1=CCCOC1. The van der Waals surface area contributed by atoms with Crippen LogP contribution in [0.2, 0.25) is 5.02 Å². The average Bonchev–Trinajstić information content (AvgIpc) is 2.59. The summed E-state index contributed by atoms with van der Waals surface area (Å²) in [6.07, 6.45) is 5.21. The van der Waals surface area contributed by atoms with Gasteiger partial charge in [0.05, 0.1) is 18.2 Å². The topological polar surface area (TPSA) is 26.2 Å². The highest BCUT2D eigenvalue weighted by Gasteiger charge is 2.04. The van der Waals surface area contributed by atoms with Gasteiger partial charge < -0.3 is 14.6 Å². The van der Waals surface area contributed by atoms with Crippen LogP contribution in [0, 0.1) is 0 Å². The Morgan fingerprint density at radius 2 is 2.38 bits per heavy atom. The quantitative estimate of drug-likeness (QED) is 0.816. The van der Waals surface area contributed by atoms with Gasteiger partial charge in [0.1, 0.15) is 0 Å². The van der Waals surface area contributed by atoms with Crippen LogP contribution in [0.1, 0.15) is 12.1 Å². The summed E-state index contributed by atoms with van der Waals surface area (Å²) in [6, 6.07) is 1.99. The summed E-state index contributed by atoms with van der Waals surface area (Å²) in [5, 5.41) is 4.19. The van der Waals surface area contributed by atoms with Crippen molar-refractivity contribution in [1.82, 2.24) is 9.88 Å². The molecule has 0 bridgehead atoms. The Morgan fingerprint density at radius 1 is 1.50 bits per heavy atom. The van der Waals surface area contributed by atoms with Crippen LogP contribution in [0.25, 0.3) is 0 Å². The highest BCUT2D eigenvalue weighted by atomic mass is 35.5. The molecule has 0 saturated heterocycles. The summed E-state index contributed by atoms with van der Waals surface area (Å²) < 4.78 is 7.42. The molecular weight excluding hydrogens is 224 g/mol. The van der Waals surface area contributed by atoms with E-state index in [0.717, 1.165) is 37.7 Å². The van der Waals surface area contributed by atoms with Gasteiger partial charge in [0, 0.05) is 32.0 Å². The Morgan fingerprint density at radius 3 is 3.00 bits per heavy atom. The van der Waals surface area contributed by atoms with Crippen LogP contribution in [0.3, 0.4) is 0 Å². The highest BCUT2D eigenvalue weighted by molar-refractivity contribution is 6.30. The molecule has 0 radical (unpaired) electrons. The van der Waals surface area contributed by atoms with Crippen molar-refractivity contribution in [3.05, 3.63) is 34.6 Å². The maximum atomic E-state index is 5.91. The van der Waals surface area contributed by atoms with Crippen LogP contribution in [0.4, 0.5) is 0 Å². The third-order valence-corrected chi connectivity index (χ3v) is 2.92. The molecule has 0 aromatic carbocycles. The summed E-state index contributed by atoms with van der Waals surface area (Å²) in [5.41, 5.74) is 2.54. The number of hydrogen-bond donors (Lipinski definition) is 1. The zero-order chi connectivity index (χ0) is 11.4. The molecule has 0 atom stereocenters. The molecule has 1 aromatic heterocycles. The molecule has 88 valence electrons. The predicted molar refractivity (Wildman–Crippen MR) is 65.6 cm³/mol. The monoisotopic (exact) mass is 240 g/mol. The summed E-state index contributed by atoms with van der Waals surface area (Å²) in [6.45, 7) is 3.35. The molecular formula is C12H17ClN2O. The van der Waals surface area contributed by atoms with E-state index in [0.29, 0.717) is 0 Å². The fourth-order valence-corrected chi connectivity index (χ4v) is 2.10. The second-order valence-corrected chi connectivity index (χ2v) is 4.50. The van der Waals surface area contributed by atoms with Crippen LogP contribution < -0.4 is 5.32 Å². The average molecular weight is 241 g/mol. The number of rotatable bonds is 4. The lowest BCUT2D eigenvalue weighted by molar-refractivity contribution is 0.148. The fraction of sp³-hybridized carbons (Fsp3) is 0.500. The number of nitrogens with one attached hydrogen (secondary N) is 1. The van der Waals surface area contributed by atoms with Crippen LogP contribution in [-0.4, -0.2) is 24.3 Å². The van der Waals surface area contributed by atoms with Crippen LogP contribution in [0.5, 0.6) is 0 Å². The Bertz CT molecular complexity index is 384. The third kappa shape index (κ3) is 3.11. The van der Waals surface area contributed by atoms with Crippen molar-refractivity contribution in [3.8, 4) is 0 Å². The molecule has 1 N–H and O–H groups in total. The molecule has 1 aromatic rings. The van der Waals surface area contributed by atoms with E-state index in [1.807, 2.05) is 23.9 Å². The van der Waals surface area contributed by atoms with Gasteiger partial charge in [0.25, 0.3) is 0 Å². The molecule has 4 heteroatoms. The van der Waals surface area contributed by atoms with Gasteiger partial charge in [-0.2, -0.15) is 0 Å². The molecule has 0 fully saturated rings. The summed E-state index contributed by atoms with van der Waals surface area (Å²) in [5.74, 6) is 0. The summed E-state index contributed by atoms with van der Waals surface area (Å²) in [7, 11) is 2.01. The molecule has 2 heterocycles. The molecule has 0 amide bonds. The Labute approximate surface area is 101 Å².